The summed E-state index contributed by atoms with van der Waals surface area (Å²) in [6, 6.07) is 9.07. The van der Waals surface area contributed by atoms with Gasteiger partial charge in [0.15, 0.2) is 0 Å². The Morgan fingerprint density at radius 3 is 3.00 bits per heavy atom. The fourth-order valence-electron chi connectivity index (χ4n) is 2.01. The van der Waals surface area contributed by atoms with Gasteiger partial charge in [0, 0.05) is 17.2 Å². The average molecular weight is 363 g/mol. The van der Waals surface area contributed by atoms with Crippen molar-refractivity contribution in [3.63, 3.8) is 0 Å². The number of thiophene rings is 1. The van der Waals surface area contributed by atoms with Crippen molar-refractivity contribution in [2.24, 2.45) is 0 Å². The molecule has 0 unspecified atom stereocenters. The number of ether oxygens (including phenoxy) is 1. The van der Waals surface area contributed by atoms with E-state index >= 15 is 0 Å². The minimum absolute atomic E-state index is 0.131. The van der Waals surface area contributed by atoms with Crippen LogP contribution in [0.15, 0.2) is 40.9 Å². The van der Waals surface area contributed by atoms with Crippen molar-refractivity contribution in [2.45, 2.75) is 17.8 Å². The maximum Gasteiger partial charge on any atom is 0.324 e. The van der Waals surface area contributed by atoms with Gasteiger partial charge in [-0.25, -0.2) is 0 Å². The molecule has 0 saturated carbocycles. The van der Waals surface area contributed by atoms with E-state index in [0.717, 1.165) is 22.6 Å². The van der Waals surface area contributed by atoms with Gasteiger partial charge in [-0.2, -0.15) is 4.68 Å². The lowest BCUT2D eigenvalue weighted by Gasteiger charge is -2.10. The minimum atomic E-state index is -0.388. The van der Waals surface area contributed by atoms with Gasteiger partial charge in [-0.05, 0) is 35.0 Å². The molecule has 0 amide bonds. The zero-order valence-electron chi connectivity index (χ0n) is 12.7. The molecule has 1 aromatic carbocycles. The number of benzene rings is 1. The number of hydrogen-bond acceptors (Lipinski definition) is 8. The topological polar surface area (TPSA) is 96.0 Å². The van der Waals surface area contributed by atoms with Crippen LogP contribution in [0.25, 0.3) is 5.69 Å². The molecule has 0 bridgehead atoms. The molecule has 10 heteroatoms. The van der Waals surface area contributed by atoms with Crippen molar-refractivity contribution in [2.75, 3.05) is 6.61 Å². The van der Waals surface area contributed by atoms with E-state index in [-0.39, 0.29) is 9.92 Å². The monoisotopic (exact) mass is 363 g/mol. The smallest absolute Gasteiger partial charge is 0.324 e. The van der Waals surface area contributed by atoms with Gasteiger partial charge in [0.05, 0.1) is 11.5 Å². The van der Waals surface area contributed by atoms with Crippen molar-refractivity contribution in [3.8, 4) is 11.4 Å². The van der Waals surface area contributed by atoms with E-state index in [0.29, 0.717) is 23.3 Å². The Morgan fingerprint density at radius 1 is 1.42 bits per heavy atom. The third-order valence-corrected chi connectivity index (χ3v) is 4.94. The highest BCUT2D eigenvalue weighted by molar-refractivity contribution is 7.98. The van der Waals surface area contributed by atoms with Gasteiger partial charge < -0.3 is 4.74 Å². The van der Waals surface area contributed by atoms with Crippen molar-refractivity contribution >= 4 is 28.1 Å². The summed E-state index contributed by atoms with van der Waals surface area (Å²) in [5, 5.41) is 25.0. The maximum atomic E-state index is 10.7. The van der Waals surface area contributed by atoms with E-state index in [1.165, 1.54) is 11.8 Å². The zero-order valence-corrected chi connectivity index (χ0v) is 14.3. The predicted octanol–water partition coefficient (Wildman–Crippen LogP) is 3.32. The quantitative estimate of drug-likeness (QED) is 0.361. The van der Waals surface area contributed by atoms with Crippen LogP contribution in [0.3, 0.4) is 0 Å². The summed E-state index contributed by atoms with van der Waals surface area (Å²) in [5.41, 5.74) is 1.62. The number of rotatable bonds is 7. The first-order valence-corrected chi connectivity index (χ1v) is 8.90. The third kappa shape index (κ3) is 3.54. The van der Waals surface area contributed by atoms with Gasteiger partial charge in [0.25, 0.3) is 0 Å². The molecular formula is C14H13N5O3S2. The number of nitrogens with zero attached hydrogens (tertiary/aromatic N) is 5. The van der Waals surface area contributed by atoms with Crippen LogP contribution < -0.4 is 4.74 Å². The van der Waals surface area contributed by atoms with Crippen LogP contribution in [0.5, 0.6) is 5.75 Å². The highest BCUT2D eigenvalue weighted by atomic mass is 32.2. The SMILES string of the molecule is CCOc1ccccc1-n1nnnc1SCc1csc([N+](=O)[O-])c1. The number of hydrogen-bond donors (Lipinski definition) is 0. The Kier molecular flexibility index (Phi) is 5.06. The lowest BCUT2D eigenvalue weighted by Crippen LogP contribution is -2.03. The number of nitro groups is 1. The molecule has 0 saturated heterocycles. The van der Waals surface area contributed by atoms with Crippen LogP contribution in [-0.4, -0.2) is 31.7 Å². The molecule has 0 aliphatic heterocycles. The highest BCUT2D eigenvalue weighted by Gasteiger charge is 2.15. The largest absolute Gasteiger partial charge is 0.492 e. The van der Waals surface area contributed by atoms with Gasteiger partial charge in [-0.3, -0.25) is 10.1 Å². The summed E-state index contributed by atoms with van der Waals surface area (Å²) < 4.78 is 7.22. The number of thioether (sulfide) groups is 1. The summed E-state index contributed by atoms with van der Waals surface area (Å²) in [6.45, 7) is 2.45. The highest BCUT2D eigenvalue weighted by Crippen LogP contribution is 2.30. The summed E-state index contributed by atoms with van der Waals surface area (Å²) in [4.78, 5) is 10.4. The molecule has 0 radical (unpaired) electrons. The number of para-hydroxylation sites is 2. The molecule has 0 aliphatic rings. The standard InChI is InChI=1S/C14H13N5O3S2/c1-2-22-12-6-4-3-5-11(12)18-14(15-16-17-18)24-9-10-7-13(19(20)21)23-8-10/h3-8H,2,9H2,1H3. The van der Waals surface area contributed by atoms with Crippen LogP contribution >= 0.6 is 23.1 Å². The zero-order chi connectivity index (χ0) is 16.9. The summed E-state index contributed by atoms with van der Waals surface area (Å²) in [7, 11) is 0. The molecule has 8 nitrogen and oxygen atoms in total. The summed E-state index contributed by atoms with van der Waals surface area (Å²) in [6.07, 6.45) is 0. The van der Waals surface area contributed by atoms with Gasteiger partial charge in [0.1, 0.15) is 11.4 Å². The van der Waals surface area contributed by atoms with E-state index in [1.807, 2.05) is 31.2 Å². The Labute approximate surface area is 145 Å². The Bertz CT molecular complexity index is 848. The molecule has 3 aromatic rings. The fourth-order valence-corrected chi connectivity index (χ4v) is 3.66. The van der Waals surface area contributed by atoms with Crippen LogP contribution in [0.4, 0.5) is 5.00 Å². The van der Waals surface area contributed by atoms with Crippen LogP contribution in [-0.2, 0) is 5.75 Å². The molecule has 2 heterocycles. The normalized spacial score (nSPS) is 10.7. The molecule has 0 fully saturated rings. The maximum absolute atomic E-state index is 10.7. The number of tetrazole rings is 1. The van der Waals surface area contributed by atoms with Crippen LogP contribution in [0.2, 0.25) is 0 Å². The molecule has 3 rings (SSSR count). The second kappa shape index (κ2) is 7.41. The first kappa shape index (κ1) is 16.4. The molecular weight excluding hydrogens is 350 g/mol. The second-order valence-corrected chi connectivity index (χ2v) is 6.45. The molecule has 0 aliphatic carbocycles. The van der Waals surface area contributed by atoms with E-state index in [1.54, 1.807) is 16.1 Å². The van der Waals surface area contributed by atoms with Gasteiger partial charge in [-0.1, -0.05) is 35.2 Å². The Hall–Kier alpha value is -2.46. The van der Waals surface area contributed by atoms with Gasteiger partial charge >= 0.3 is 5.00 Å². The first-order chi connectivity index (χ1) is 11.7. The van der Waals surface area contributed by atoms with Gasteiger partial charge in [0.2, 0.25) is 5.16 Å². The van der Waals surface area contributed by atoms with Crippen LogP contribution in [0, 0.1) is 10.1 Å². The Balaban J connectivity index is 1.79. The van der Waals surface area contributed by atoms with Crippen molar-refractivity contribution in [1.29, 1.82) is 0 Å². The van der Waals surface area contributed by atoms with Gasteiger partial charge in [-0.15, -0.1) is 5.10 Å². The van der Waals surface area contributed by atoms with Crippen LogP contribution in [0.1, 0.15) is 12.5 Å². The van der Waals surface area contributed by atoms with E-state index in [4.69, 9.17) is 4.74 Å². The van der Waals surface area contributed by atoms with Crippen molar-refractivity contribution in [1.82, 2.24) is 20.2 Å². The average Bonchev–Trinajstić information content (AvgIpc) is 3.23. The summed E-state index contributed by atoms with van der Waals surface area (Å²) in [5.74, 6) is 1.24. The third-order valence-electron chi connectivity index (χ3n) is 3.02. The van der Waals surface area contributed by atoms with E-state index in [9.17, 15) is 10.1 Å². The molecule has 124 valence electrons. The number of aromatic nitrogens is 4. The Morgan fingerprint density at radius 2 is 2.25 bits per heavy atom. The van der Waals surface area contributed by atoms with Crippen molar-refractivity contribution < 1.29 is 9.66 Å². The molecule has 0 N–H and O–H groups in total. The molecule has 24 heavy (non-hydrogen) atoms. The summed E-state index contributed by atoms with van der Waals surface area (Å²) >= 11 is 2.52. The molecule has 0 atom stereocenters. The van der Waals surface area contributed by atoms with Crippen molar-refractivity contribution in [3.05, 3.63) is 51.4 Å². The van der Waals surface area contributed by atoms with E-state index in [2.05, 4.69) is 15.5 Å². The van der Waals surface area contributed by atoms with E-state index < -0.39 is 0 Å². The minimum Gasteiger partial charge on any atom is -0.492 e. The lowest BCUT2D eigenvalue weighted by molar-refractivity contribution is -0.380. The molecule has 0 spiro atoms. The first-order valence-electron chi connectivity index (χ1n) is 7.04. The molecule has 2 aromatic heterocycles. The lowest BCUT2D eigenvalue weighted by atomic mass is 10.3. The second-order valence-electron chi connectivity index (χ2n) is 4.61. The fraction of sp³-hybridized carbons (Fsp3) is 0.214. The predicted molar refractivity (Wildman–Crippen MR) is 90.9 cm³/mol.